The van der Waals surface area contributed by atoms with Gasteiger partial charge >= 0.3 is 0 Å². The van der Waals surface area contributed by atoms with Crippen LogP contribution < -0.4 is 10.6 Å². The lowest BCUT2D eigenvalue weighted by atomic mass is 10.0. The van der Waals surface area contributed by atoms with Crippen molar-refractivity contribution in [2.45, 2.75) is 12.8 Å². The zero-order valence-corrected chi connectivity index (χ0v) is 11.6. The number of aryl methyl sites for hydroxylation is 1. The fraction of sp³-hybridized carbons (Fsp3) is 0.231. The first kappa shape index (κ1) is 12.5. The van der Waals surface area contributed by atoms with Crippen LogP contribution in [-0.2, 0) is 6.42 Å². The Morgan fingerprint density at radius 3 is 2.95 bits per heavy atom. The van der Waals surface area contributed by atoms with Gasteiger partial charge in [0, 0.05) is 24.0 Å². The molecular weight excluding hydrogens is 283 g/mol. The Morgan fingerprint density at radius 1 is 1.16 bits per heavy atom. The average molecular weight is 295 g/mol. The van der Waals surface area contributed by atoms with Gasteiger partial charge in [-0.15, -0.1) is 10.2 Å². The molecule has 98 valence electrons. The second-order valence-corrected chi connectivity index (χ2v) is 5.14. The predicted octanol–water partition coefficient (Wildman–Crippen LogP) is 3.89. The number of rotatable bonds is 2. The molecule has 1 aromatic heterocycles. The molecule has 0 spiro atoms. The van der Waals surface area contributed by atoms with Crippen LogP contribution in [0.5, 0.6) is 0 Å². The molecule has 0 saturated heterocycles. The quantitative estimate of drug-likeness (QED) is 0.882. The molecule has 0 saturated carbocycles. The van der Waals surface area contributed by atoms with Crippen molar-refractivity contribution in [1.82, 2.24) is 10.2 Å². The van der Waals surface area contributed by atoms with Crippen molar-refractivity contribution in [2.75, 3.05) is 17.2 Å². The molecule has 0 atom stereocenters. The van der Waals surface area contributed by atoms with Crippen LogP contribution in [0.3, 0.4) is 0 Å². The second-order valence-electron chi connectivity index (χ2n) is 4.40. The molecule has 1 aromatic carbocycles. The summed E-state index contributed by atoms with van der Waals surface area (Å²) < 4.78 is 0. The summed E-state index contributed by atoms with van der Waals surface area (Å²) in [4.78, 5) is 0. The molecule has 0 unspecified atom stereocenters. The molecule has 0 radical (unpaired) electrons. The standard InChI is InChI=1S/C13H12Cl2N4/c14-12-7-11(13(15)19-18-12)17-9-3-4-10-8(6-9)2-1-5-16-10/h3-4,6-7,16H,1-2,5H2,(H,17,18). The van der Waals surface area contributed by atoms with Crippen LogP contribution in [0.4, 0.5) is 17.1 Å². The van der Waals surface area contributed by atoms with Crippen LogP contribution in [0, 0.1) is 0 Å². The Bertz CT molecular complexity index is 616. The Hall–Kier alpha value is -1.52. The van der Waals surface area contributed by atoms with E-state index >= 15 is 0 Å². The van der Waals surface area contributed by atoms with Crippen molar-refractivity contribution in [3.05, 3.63) is 40.1 Å². The zero-order chi connectivity index (χ0) is 13.2. The molecule has 0 fully saturated rings. The van der Waals surface area contributed by atoms with Crippen LogP contribution in [0.1, 0.15) is 12.0 Å². The van der Waals surface area contributed by atoms with Crippen molar-refractivity contribution >= 4 is 40.3 Å². The van der Waals surface area contributed by atoms with Crippen LogP contribution in [0.15, 0.2) is 24.3 Å². The normalized spacial score (nSPS) is 13.6. The molecule has 6 heteroatoms. The summed E-state index contributed by atoms with van der Waals surface area (Å²) in [6.07, 6.45) is 2.24. The fourth-order valence-corrected chi connectivity index (χ4v) is 2.44. The highest BCUT2D eigenvalue weighted by molar-refractivity contribution is 6.33. The van der Waals surface area contributed by atoms with E-state index in [2.05, 4.69) is 33.0 Å². The first-order chi connectivity index (χ1) is 9.22. The minimum atomic E-state index is 0.306. The maximum atomic E-state index is 5.98. The maximum Gasteiger partial charge on any atom is 0.175 e. The molecule has 19 heavy (non-hydrogen) atoms. The Labute approximate surface area is 121 Å². The first-order valence-electron chi connectivity index (χ1n) is 6.05. The number of fused-ring (bicyclic) bond motifs is 1. The van der Waals surface area contributed by atoms with E-state index < -0.39 is 0 Å². The molecule has 2 aromatic rings. The van der Waals surface area contributed by atoms with Gasteiger partial charge < -0.3 is 10.6 Å². The van der Waals surface area contributed by atoms with Gasteiger partial charge in [0.15, 0.2) is 10.3 Å². The smallest absolute Gasteiger partial charge is 0.175 e. The van der Waals surface area contributed by atoms with Gasteiger partial charge in [0.25, 0.3) is 0 Å². The van der Waals surface area contributed by atoms with E-state index in [0.717, 1.165) is 25.1 Å². The molecular formula is C13H12Cl2N4. The minimum Gasteiger partial charge on any atom is -0.385 e. The third-order valence-electron chi connectivity index (χ3n) is 3.04. The fourth-order valence-electron chi connectivity index (χ4n) is 2.15. The Balaban J connectivity index is 1.89. The number of hydrogen-bond donors (Lipinski definition) is 2. The number of anilines is 3. The summed E-state index contributed by atoms with van der Waals surface area (Å²) in [6, 6.07) is 7.85. The third-order valence-corrected chi connectivity index (χ3v) is 3.51. The summed E-state index contributed by atoms with van der Waals surface area (Å²) in [5.41, 5.74) is 4.13. The summed E-state index contributed by atoms with van der Waals surface area (Å²) in [6.45, 7) is 1.04. The van der Waals surface area contributed by atoms with Gasteiger partial charge in [-0.05, 0) is 36.6 Å². The van der Waals surface area contributed by atoms with Gasteiger partial charge in [0.1, 0.15) is 0 Å². The summed E-state index contributed by atoms with van der Waals surface area (Å²) in [5, 5.41) is 14.7. The summed E-state index contributed by atoms with van der Waals surface area (Å²) in [5.74, 6) is 0. The van der Waals surface area contributed by atoms with Crippen molar-refractivity contribution in [2.24, 2.45) is 0 Å². The first-order valence-corrected chi connectivity index (χ1v) is 6.80. The van der Waals surface area contributed by atoms with Gasteiger partial charge in [0.05, 0.1) is 5.69 Å². The van der Waals surface area contributed by atoms with E-state index in [1.54, 1.807) is 6.07 Å². The zero-order valence-electron chi connectivity index (χ0n) is 10.1. The lowest BCUT2D eigenvalue weighted by molar-refractivity contribution is 0.830. The van der Waals surface area contributed by atoms with E-state index in [1.807, 2.05) is 6.07 Å². The second kappa shape index (κ2) is 5.23. The molecule has 0 bridgehead atoms. The van der Waals surface area contributed by atoms with Crippen LogP contribution in [-0.4, -0.2) is 16.7 Å². The van der Waals surface area contributed by atoms with Crippen LogP contribution in [0.2, 0.25) is 10.3 Å². The maximum absolute atomic E-state index is 5.98. The van der Waals surface area contributed by atoms with Gasteiger partial charge in [-0.3, -0.25) is 0 Å². The minimum absolute atomic E-state index is 0.306. The monoisotopic (exact) mass is 294 g/mol. The lowest BCUT2D eigenvalue weighted by Gasteiger charge is -2.19. The van der Waals surface area contributed by atoms with Gasteiger partial charge in [-0.25, -0.2) is 0 Å². The summed E-state index contributed by atoms with van der Waals surface area (Å²) in [7, 11) is 0. The molecule has 1 aliphatic heterocycles. The summed E-state index contributed by atoms with van der Waals surface area (Å²) >= 11 is 11.8. The SMILES string of the molecule is Clc1cc(Nc2ccc3c(c2)CCCN3)c(Cl)nn1. The molecule has 2 N–H and O–H groups in total. The number of aromatic nitrogens is 2. The van der Waals surface area contributed by atoms with E-state index in [-0.39, 0.29) is 0 Å². The van der Waals surface area contributed by atoms with Crippen molar-refractivity contribution in [1.29, 1.82) is 0 Å². The van der Waals surface area contributed by atoms with Crippen LogP contribution in [0.25, 0.3) is 0 Å². The molecule has 0 amide bonds. The van der Waals surface area contributed by atoms with Gasteiger partial charge in [-0.2, -0.15) is 0 Å². The highest BCUT2D eigenvalue weighted by Gasteiger charge is 2.10. The topological polar surface area (TPSA) is 49.8 Å². The number of benzene rings is 1. The number of nitrogens with zero attached hydrogens (tertiary/aromatic N) is 2. The highest BCUT2D eigenvalue weighted by atomic mass is 35.5. The Morgan fingerprint density at radius 2 is 2.05 bits per heavy atom. The third kappa shape index (κ3) is 2.74. The van der Waals surface area contributed by atoms with E-state index in [9.17, 15) is 0 Å². The largest absolute Gasteiger partial charge is 0.385 e. The lowest BCUT2D eigenvalue weighted by Crippen LogP contribution is -2.11. The number of halogens is 2. The van der Waals surface area contributed by atoms with E-state index in [0.29, 0.717) is 16.0 Å². The van der Waals surface area contributed by atoms with Crippen molar-refractivity contribution in [3.8, 4) is 0 Å². The van der Waals surface area contributed by atoms with Crippen molar-refractivity contribution < 1.29 is 0 Å². The van der Waals surface area contributed by atoms with Crippen LogP contribution >= 0.6 is 23.2 Å². The van der Waals surface area contributed by atoms with Gasteiger partial charge in [0.2, 0.25) is 0 Å². The Kier molecular flexibility index (Phi) is 3.44. The van der Waals surface area contributed by atoms with E-state index in [1.165, 1.54) is 11.3 Å². The molecule has 4 nitrogen and oxygen atoms in total. The van der Waals surface area contributed by atoms with Crippen molar-refractivity contribution in [3.63, 3.8) is 0 Å². The predicted molar refractivity (Wildman–Crippen MR) is 78.6 cm³/mol. The number of nitrogens with one attached hydrogen (secondary N) is 2. The van der Waals surface area contributed by atoms with Gasteiger partial charge in [-0.1, -0.05) is 23.2 Å². The molecule has 3 rings (SSSR count). The van der Waals surface area contributed by atoms with E-state index in [4.69, 9.17) is 23.2 Å². The molecule has 1 aliphatic rings. The average Bonchev–Trinajstić information content (AvgIpc) is 2.43. The molecule has 0 aliphatic carbocycles. The number of hydrogen-bond acceptors (Lipinski definition) is 4. The highest BCUT2D eigenvalue weighted by Crippen LogP contribution is 2.29. The molecule has 2 heterocycles.